The molecule has 0 fully saturated rings. The third-order valence-corrected chi connectivity index (χ3v) is 3.21. The molecule has 1 aromatic carbocycles. The molecule has 1 atom stereocenters. The fraction of sp³-hybridized carbons (Fsp3) is 0.438. The van der Waals surface area contributed by atoms with Crippen LogP contribution in [0.1, 0.15) is 43.7 Å². The zero-order chi connectivity index (χ0) is 16.4. The molecule has 6 heteroatoms. The van der Waals surface area contributed by atoms with E-state index in [-0.39, 0.29) is 18.4 Å². The van der Waals surface area contributed by atoms with Gasteiger partial charge in [0, 0.05) is 12.5 Å². The number of carbonyl (C=O) groups excluding carboxylic acids is 1. The highest BCUT2D eigenvalue weighted by Crippen LogP contribution is 2.08. The Morgan fingerprint density at radius 3 is 2.59 bits per heavy atom. The van der Waals surface area contributed by atoms with Crippen LogP contribution in [0.2, 0.25) is 0 Å². The Hall–Kier alpha value is -2.37. The standard InChI is InChI=1S/C16H23N3O3/c1-12(10-16(21)22)19-15(20)5-3-2-4-13-6-8-14(9-7-13)11-18-17/h6-9,11-12H,2-5,10,17H2,1H3,(H,19,20)(H,21,22). The van der Waals surface area contributed by atoms with E-state index in [2.05, 4.69) is 10.4 Å². The van der Waals surface area contributed by atoms with Crippen molar-refractivity contribution >= 4 is 18.1 Å². The molecule has 0 bridgehead atoms. The fourth-order valence-electron chi connectivity index (χ4n) is 2.13. The maximum Gasteiger partial charge on any atom is 0.305 e. The number of hydrazone groups is 1. The number of rotatable bonds is 9. The van der Waals surface area contributed by atoms with E-state index in [1.54, 1.807) is 13.1 Å². The number of unbranched alkanes of at least 4 members (excludes halogenated alkanes) is 1. The number of carbonyl (C=O) groups is 2. The predicted molar refractivity (Wildman–Crippen MR) is 85.6 cm³/mol. The minimum atomic E-state index is -0.907. The summed E-state index contributed by atoms with van der Waals surface area (Å²) < 4.78 is 0. The van der Waals surface area contributed by atoms with Crippen LogP contribution < -0.4 is 11.2 Å². The molecule has 0 aromatic heterocycles. The van der Waals surface area contributed by atoms with Gasteiger partial charge < -0.3 is 16.3 Å². The Morgan fingerprint density at radius 1 is 1.32 bits per heavy atom. The van der Waals surface area contributed by atoms with Crippen LogP contribution in [0.15, 0.2) is 29.4 Å². The number of carboxylic acids is 1. The van der Waals surface area contributed by atoms with Gasteiger partial charge in [0.1, 0.15) is 0 Å². The molecule has 6 nitrogen and oxygen atoms in total. The van der Waals surface area contributed by atoms with Gasteiger partial charge in [0.15, 0.2) is 0 Å². The largest absolute Gasteiger partial charge is 0.481 e. The lowest BCUT2D eigenvalue weighted by Gasteiger charge is -2.11. The number of nitrogens with zero attached hydrogens (tertiary/aromatic N) is 1. The van der Waals surface area contributed by atoms with Gasteiger partial charge in [-0.3, -0.25) is 9.59 Å². The van der Waals surface area contributed by atoms with Gasteiger partial charge in [0.25, 0.3) is 0 Å². The van der Waals surface area contributed by atoms with Crippen molar-refractivity contribution in [2.45, 2.75) is 45.1 Å². The van der Waals surface area contributed by atoms with Crippen LogP contribution in [0.5, 0.6) is 0 Å². The highest BCUT2D eigenvalue weighted by molar-refractivity contribution is 5.79. The van der Waals surface area contributed by atoms with E-state index in [1.165, 1.54) is 5.56 Å². The summed E-state index contributed by atoms with van der Waals surface area (Å²) in [6.45, 7) is 1.69. The Morgan fingerprint density at radius 2 is 2.00 bits per heavy atom. The van der Waals surface area contributed by atoms with Gasteiger partial charge in [0.05, 0.1) is 12.6 Å². The first-order valence-electron chi connectivity index (χ1n) is 7.34. The SMILES string of the molecule is CC(CC(=O)O)NC(=O)CCCCc1ccc(C=NN)cc1. The number of benzene rings is 1. The molecule has 0 heterocycles. The molecule has 0 saturated carbocycles. The molecule has 22 heavy (non-hydrogen) atoms. The number of nitrogens with two attached hydrogens (primary N) is 1. The lowest BCUT2D eigenvalue weighted by atomic mass is 10.1. The van der Waals surface area contributed by atoms with Crippen LogP contribution in [0.25, 0.3) is 0 Å². The Bertz CT molecular complexity index is 512. The van der Waals surface area contributed by atoms with Crippen molar-refractivity contribution in [3.05, 3.63) is 35.4 Å². The van der Waals surface area contributed by atoms with Crippen LogP contribution in [0.3, 0.4) is 0 Å². The molecule has 0 spiro atoms. The number of hydrogen-bond donors (Lipinski definition) is 3. The Labute approximate surface area is 130 Å². The average Bonchev–Trinajstić information content (AvgIpc) is 2.44. The summed E-state index contributed by atoms with van der Waals surface area (Å²) in [4.78, 5) is 22.1. The summed E-state index contributed by atoms with van der Waals surface area (Å²) in [6, 6.07) is 7.61. The molecular formula is C16H23N3O3. The van der Waals surface area contributed by atoms with Crippen molar-refractivity contribution in [3.8, 4) is 0 Å². The van der Waals surface area contributed by atoms with E-state index in [0.29, 0.717) is 6.42 Å². The molecule has 0 aliphatic heterocycles. The Balaban J connectivity index is 2.21. The van der Waals surface area contributed by atoms with E-state index in [0.717, 1.165) is 24.8 Å². The molecule has 0 saturated heterocycles. The van der Waals surface area contributed by atoms with Crippen LogP contribution in [0.4, 0.5) is 0 Å². The van der Waals surface area contributed by atoms with Gasteiger partial charge in [-0.1, -0.05) is 24.3 Å². The van der Waals surface area contributed by atoms with Crippen molar-refractivity contribution in [1.29, 1.82) is 0 Å². The summed E-state index contributed by atoms with van der Waals surface area (Å²) in [6.07, 6.45) is 4.54. The molecule has 1 amide bonds. The molecule has 1 aromatic rings. The minimum absolute atomic E-state index is 0.0514. The van der Waals surface area contributed by atoms with Gasteiger partial charge in [-0.15, -0.1) is 0 Å². The lowest BCUT2D eigenvalue weighted by molar-refractivity contribution is -0.137. The highest BCUT2D eigenvalue weighted by atomic mass is 16.4. The second kappa shape index (κ2) is 9.55. The zero-order valence-electron chi connectivity index (χ0n) is 12.8. The molecule has 1 unspecified atom stereocenters. The average molecular weight is 305 g/mol. The van der Waals surface area contributed by atoms with Crippen molar-refractivity contribution < 1.29 is 14.7 Å². The van der Waals surface area contributed by atoms with Gasteiger partial charge in [-0.25, -0.2) is 0 Å². The quantitative estimate of drug-likeness (QED) is 0.279. The van der Waals surface area contributed by atoms with E-state index in [9.17, 15) is 9.59 Å². The van der Waals surface area contributed by atoms with Gasteiger partial charge in [-0.05, 0) is 37.3 Å². The number of carboxylic acid groups (broad SMARTS) is 1. The van der Waals surface area contributed by atoms with Crippen LogP contribution in [-0.4, -0.2) is 29.2 Å². The number of aliphatic carboxylic acids is 1. The molecule has 0 aliphatic rings. The third-order valence-electron chi connectivity index (χ3n) is 3.21. The molecular weight excluding hydrogens is 282 g/mol. The van der Waals surface area contributed by atoms with E-state index in [4.69, 9.17) is 10.9 Å². The lowest BCUT2D eigenvalue weighted by Crippen LogP contribution is -2.33. The first kappa shape index (κ1) is 17.7. The summed E-state index contributed by atoms with van der Waals surface area (Å²) >= 11 is 0. The zero-order valence-corrected chi connectivity index (χ0v) is 12.8. The highest BCUT2D eigenvalue weighted by Gasteiger charge is 2.10. The van der Waals surface area contributed by atoms with Crippen LogP contribution >= 0.6 is 0 Å². The Kier molecular flexibility index (Phi) is 7.67. The summed E-state index contributed by atoms with van der Waals surface area (Å²) in [5, 5.41) is 14.8. The predicted octanol–water partition coefficient (Wildman–Crippen LogP) is 1.67. The third kappa shape index (κ3) is 7.42. The molecule has 0 radical (unpaired) electrons. The maximum absolute atomic E-state index is 11.6. The van der Waals surface area contributed by atoms with Crippen molar-refractivity contribution in [1.82, 2.24) is 5.32 Å². The fourth-order valence-corrected chi connectivity index (χ4v) is 2.13. The first-order valence-corrected chi connectivity index (χ1v) is 7.34. The number of amides is 1. The van der Waals surface area contributed by atoms with Gasteiger partial charge in [-0.2, -0.15) is 5.10 Å². The van der Waals surface area contributed by atoms with E-state index >= 15 is 0 Å². The number of nitrogens with one attached hydrogen (secondary N) is 1. The van der Waals surface area contributed by atoms with Gasteiger partial charge in [0.2, 0.25) is 5.91 Å². The monoisotopic (exact) mass is 305 g/mol. The van der Waals surface area contributed by atoms with Gasteiger partial charge >= 0.3 is 5.97 Å². The van der Waals surface area contributed by atoms with Crippen molar-refractivity contribution in [2.75, 3.05) is 0 Å². The second-order valence-electron chi connectivity index (χ2n) is 5.29. The number of aryl methyl sites for hydroxylation is 1. The topological polar surface area (TPSA) is 105 Å². The number of hydrogen-bond acceptors (Lipinski definition) is 4. The summed E-state index contributed by atoms with van der Waals surface area (Å²) in [5.41, 5.74) is 2.16. The van der Waals surface area contributed by atoms with Crippen LogP contribution in [0, 0.1) is 0 Å². The van der Waals surface area contributed by atoms with Crippen molar-refractivity contribution in [3.63, 3.8) is 0 Å². The molecule has 4 N–H and O–H groups in total. The maximum atomic E-state index is 11.6. The van der Waals surface area contributed by atoms with Crippen LogP contribution in [-0.2, 0) is 16.0 Å². The normalized spacial score (nSPS) is 12.2. The summed E-state index contributed by atoms with van der Waals surface area (Å²) in [5.74, 6) is 4.08. The molecule has 120 valence electrons. The first-order chi connectivity index (χ1) is 10.5. The second-order valence-corrected chi connectivity index (χ2v) is 5.29. The molecule has 1 rings (SSSR count). The van der Waals surface area contributed by atoms with E-state index < -0.39 is 5.97 Å². The van der Waals surface area contributed by atoms with Crippen molar-refractivity contribution in [2.24, 2.45) is 10.9 Å². The minimum Gasteiger partial charge on any atom is -0.481 e. The smallest absolute Gasteiger partial charge is 0.305 e. The van der Waals surface area contributed by atoms with E-state index in [1.807, 2.05) is 24.3 Å². The summed E-state index contributed by atoms with van der Waals surface area (Å²) in [7, 11) is 0. The molecule has 0 aliphatic carbocycles.